The lowest BCUT2D eigenvalue weighted by molar-refractivity contribution is 0.0520. The molecule has 8 nitrogen and oxygen atoms in total. The molecule has 0 fully saturated rings. The van der Waals surface area contributed by atoms with Crippen molar-refractivity contribution in [3.05, 3.63) is 59.2 Å². The molecule has 0 saturated carbocycles. The first kappa shape index (κ1) is 18.1. The van der Waals surface area contributed by atoms with E-state index in [-0.39, 0.29) is 18.0 Å². The highest BCUT2D eigenvalue weighted by molar-refractivity contribution is 5.96. The van der Waals surface area contributed by atoms with Crippen LogP contribution in [-0.2, 0) is 4.74 Å². The van der Waals surface area contributed by atoms with Crippen LogP contribution in [0.1, 0.15) is 34.5 Å². The van der Waals surface area contributed by atoms with Gasteiger partial charge in [-0.3, -0.25) is 5.10 Å². The Morgan fingerprint density at radius 2 is 2.04 bits per heavy atom. The van der Waals surface area contributed by atoms with E-state index in [0.717, 1.165) is 11.3 Å². The maximum absolute atomic E-state index is 12.2. The van der Waals surface area contributed by atoms with E-state index in [2.05, 4.69) is 25.5 Å². The van der Waals surface area contributed by atoms with Gasteiger partial charge in [0.1, 0.15) is 11.5 Å². The molecule has 0 atom stereocenters. The lowest BCUT2D eigenvalue weighted by Gasteiger charge is -2.11. The van der Waals surface area contributed by atoms with Crippen LogP contribution in [0.2, 0.25) is 0 Å². The van der Waals surface area contributed by atoms with Gasteiger partial charge < -0.3 is 15.8 Å². The summed E-state index contributed by atoms with van der Waals surface area (Å²) >= 11 is 0. The van der Waals surface area contributed by atoms with Crippen molar-refractivity contribution in [2.75, 3.05) is 17.7 Å². The third kappa shape index (κ3) is 4.49. The molecule has 0 aliphatic rings. The normalized spacial score (nSPS) is 10.9. The number of nitrogens with zero attached hydrogens (tertiary/aromatic N) is 3. The summed E-state index contributed by atoms with van der Waals surface area (Å²) < 4.78 is 5.05. The van der Waals surface area contributed by atoms with Crippen molar-refractivity contribution in [3.8, 4) is 0 Å². The lowest BCUT2D eigenvalue weighted by atomic mass is 10.2. The first-order chi connectivity index (χ1) is 13.1. The molecule has 0 saturated heterocycles. The molecule has 0 aliphatic carbocycles. The summed E-state index contributed by atoms with van der Waals surface area (Å²) in [5.74, 6) is 0.626. The van der Waals surface area contributed by atoms with Gasteiger partial charge in [-0.2, -0.15) is 5.10 Å². The molecule has 0 aliphatic heterocycles. The highest BCUT2D eigenvalue weighted by Crippen LogP contribution is 2.24. The van der Waals surface area contributed by atoms with Crippen LogP contribution < -0.4 is 11.1 Å². The summed E-state index contributed by atoms with van der Waals surface area (Å²) in [6, 6.07) is 11.5. The van der Waals surface area contributed by atoms with Crippen LogP contribution in [0.5, 0.6) is 0 Å². The quantitative estimate of drug-likeness (QED) is 0.575. The molecule has 0 spiro atoms. The van der Waals surface area contributed by atoms with E-state index in [9.17, 15) is 4.79 Å². The number of nitrogen functional groups attached to an aromatic ring is 1. The van der Waals surface area contributed by atoms with E-state index in [0.29, 0.717) is 17.5 Å². The van der Waals surface area contributed by atoms with E-state index < -0.39 is 5.97 Å². The van der Waals surface area contributed by atoms with E-state index in [4.69, 9.17) is 10.5 Å². The number of benzene rings is 1. The van der Waals surface area contributed by atoms with Crippen molar-refractivity contribution >= 4 is 35.4 Å². The summed E-state index contributed by atoms with van der Waals surface area (Å²) in [7, 11) is 0. The van der Waals surface area contributed by atoms with Crippen molar-refractivity contribution in [1.82, 2.24) is 20.2 Å². The van der Waals surface area contributed by atoms with Gasteiger partial charge in [0.05, 0.1) is 12.3 Å². The summed E-state index contributed by atoms with van der Waals surface area (Å²) in [6.07, 6.45) is 3.56. The first-order valence-electron chi connectivity index (χ1n) is 8.43. The predicted octanol–water partition coefficient (Wildman–Crippen LogP) is 3.18. The third-order valence-electron chi connectivity index (χ3n) is 3.62. The topological polar surface area (TPSA) is 119 Å². The number of hydrogen-bond donors (Lipinski definition) is 3. The van der Waals surface area contributed by atoms with Gasteiger partial charge in [-0.05, 0) is 25.5 Å². The number of rotatable bonds is 6. The Kier molecular flexibility index (Phi) is 5.46. The highest BCUT2D eigenvalue weighted by atomic mass is 16.5. The van der Waals surface area contributed by atoms with Crippen LogP contribution in [0, 0.1) is 6.92 Å². The number of esters is 1. The standard InChI is InChI=1S/C19H20N6O2/c1-3-27-19(26)17-16(20)18(23-15-11-12(2)24-25-15)22-14(21-17)10-9-13-7-5-4-6-8-13/h4-11H,3,20H2,1-2H3,(H2,21,22,23,24,25)/b10-9+. The highest BCUT2D eigenvalue weighted by Gasteiger charge is 2.19. The minimum atomic E-state index is -0.601. The van der Waals surface area contributed by atoms with Gasteiger partial charge in [0.2, 0.25) is 0 Å². The molecule has 2 aromatic heterocycles. The fourth-order valence-electron chi connectivity index (χ4n) is 2.36. The van der Waals surface area contributed by atoms with Gasteiger partial charge >= 0.3 is 5.97 Å². The first-order valence-corrected chi connectivity index (χ1v) is 8.43. The molecule has 0 amide bonds. The van der Waals surface area contributed by atoms with Crippen molar-refractivity contribution in [1.29, 1.82) is 0 Å². The van der Waals surface area contributed by atoms with Gasteiger partial charge in [0.15, 0.2) is 17.3 Å². The van der Waals surface area contributed by atoms with Gasteiger partial charge in [-0.15, -0.1) is 0 Å². The van der Waals surface area contributed by atoms with Crippen LogP contribution in [0.15, 0.2) is 36.4 Å². The zero-order valence-electron chi connectivity index (χ0n) is 15.1. The van der Waals surface area contributed by atoms with Crippen LogP contribution in [-0.4, -0.2) is 32.7 Å². The third-order valence-corrected chi connectivity index (χ3v) is 3.62. The lowest BCUT2D eigenvalue weighted by Crippen LogP contribution is -2.14. The largest absolute Gasteiger partial charge is 0.461 e. The second-order valence-electron chi connectivity index (χ2n) is 5.71. The van der Waals surface area contributed by atoms with Crippen LogP contribution in [0.25, 0.3) is 12.2 Å². The second-order valence-corrected chi connectivity index (χ2v) is 5.71. The second kappa shape index (κ2) is 8.13. The van der Waals surface area contributed by atoms with E-state index >= 15 is 0 Å². The molecule has 3 aromatic rings. The number of carbonyl (C=O) groups excluding carboxylic acids is 1. The molecule has 0 bridgehead atoms. The Bertz CT molecular complexity index is 966. The number of ether oxygens (including phenoxy) is 1. The van der Waals surface area contributed by atoms with Crippen molar-refractivity contribution in [3.63, 3.8) is 0 Å². The number of hydrogen-bond acceptors (Lipinski definition) is 7. The fraction of sp³-hybridized carbons (Fsp3) is 0.158. The van der Waals surface area contributed by atoms with Crippen LogP contribution in [0.4, 0.5) is 17.3 Å². The molecule has 0 radical (unpaired) electrons. The Morgan fingerprint density at radius 1 is 1.26 bits per heavy atom. The van der Waals surface area contributed by atoms with Crippen molar-refractivity contribution in [2.45, 2.75) is 13.8 Å². The number of H-pyrrole nitrogens is 1. The average molecular weight is 364 g/mol. The molecule has 27 heavy (non-hydrogen) atoms. The number of aryl methyl sites for hydroxylation is 1. The molecule has 1 aromatic carbocycles. The van der Waals surface area contributed by atoms with E-state index in [1.807, 2.05) is 43.3 Å². The van der Waals surface area contributed by atoms with Gasteiger partial charge in [0, 0.05) is 6.07 Å². The molecular weight excluding hydrogens is 344 g/mol. The molecule has 2 heterocycles. The maximum Gasteiger partial charge on any atom is 0.359 e. The number of aromatic nitrogens is 4. The predicted molar refractivity (Wildman–Crippen MR) is 104 cm³/mol. The number of nitrogens with two attached hydrogens (primary N) is 1. The van der Waals surface area contributed by atoms with Crippen molar-refractivity contribution in [2.24, 2.45) is 0 Å². The van der Waals surface area contributed by atoms with Gasteiger partial charge in [-0.1, -0.05) is 36.4 Å². The van der Waals surface area contributed by atoms with E-state index in [1.165, 1.54) is 0 Å². The minimum absolute atomic E-state index is 0.0123. The van der Waals surface area contributed by atoms with Gasteiger partial charge in [0.25, 0.3) is 0 Å². The van der Waals surface area contributed by atoms with Gasteiger partial charge in [-0.25, -0.2) is 14.8 Å². The molecule has 8 heteroatoms. The Balaban J connectivity index is 1.99. The van der Waals surface area contributed by atoms with Crippen molar-refractivity contribution < 1.29 is 9.53 Å². The number of carbonyl (C=O) groups is 1. The SMILES string of the molecule is CCOC(=O)c1nc(/C=C/c2ccccc2)nc(Nc2cc(C)n[nH]2)c1N. The monoisotopic (exact) mass is 364 g/mol. The van der Waals surface area contributed by atoms with E-state index in [1.54, 1.807) is 19.1 Å². The molecule has 138 valence electrons. The number of aromatic amines is 1. The summed E-state index contributed by atoms with van der Waals surface area (Å²) in [5.41, 5.74) is 8.01. The minimum Gasteiger partial charge on any atom is -0.461 e. The Hall–Kier alpha value is -3.68. The summed E-state index contributed by atoms with van der Waals surface area (Å²) in [5, 5.41) is 9.90. The Morgan fingerprint density at radius 3 is 2.70 bits per heavy atom. The molecule has 3 rings (SSSR count). The fourth-order valence-corrected chi connectivity index (χ4v) is 2.36. The Labute approximate surface area is 156 Å². The maximum atomic E-state index is 12.2. The molecular formula is C19H20N6O2. The zero-order chi connectivity index (χ0) is 19.2. The zero-order valence-corrected chi connectivity index (χ0v) is 15.1. The summed E-state index contributed by atoms with van der Waals surface area (Å²) in [6.45, 7) is 3.79. The average Bonchev–Trinajstić information content (AvgIpc) is 3.08. The van der Waals surface area contributed by atoms with Crippen LogP contribution >= 0.6 is 0 Å². The van der Waals surface area contributed by atoms with Crippen LogP contribution in [0.3, 0.4) is 0 Å². The summed E-state index contributed by atoms with van der Waals surface area (Å²) in [4.78, 5) is 20.9. The number of nitrogens with one attached hydrogen (secondary N) is 2. The smallest absolute Gasteiger partial charge is 0.359 e. The number of anilines is 3. The molecule has 4 N–H and O–H groups in total. The molecule has 0 unspecified atom stereocenters.